The van der Waals surface area contributed by atoms with E-state index in [1.54, 1.807) is 6.20 Å². The number of nitriles is 1. The molecule has 0 N–H and O–H groups in total. The molecule has 2 heterocycles. The summed E-state index contributed by atoms with van der Waals surface area (Å²) in [5, 5.41) is 9.56. The van der Waals surface area contributed by atoms with Crippen LogP contribution in [0.2, 0.25) is 0 Å². The van der Waals surface area contributed by atoms with Crippen LogP contribution in [0.15, 0.2) is 17.4 Å². The van der Waals surface area contributed by atoms with Gasteiger partial charge in [0.1, 0.15) is 11.1 Å². The molecule has 2 aromatic heterocycles. The molecule has 2 rings (SSSR count). The number of hydrogen-bond acceptors (Lipinski definition) is 4. The second-order valence-corrected chi connectivity index (χ2v) is 3.66. The first-order valence-corrected chi connectivity index (χ1v) is 5.27. The van der Waals surface area contributed by atoms with E-state index in [0.717, 1.165) is 16.4 Å². The second kappa shape index (κ2) is 3.31. The van der Waals surface area contributed by atoms with Crippen molar-refractivity contribution in [1.82, 2.24) is 14.4 Å². The Kier molecular flexibility index (Phi) is 2.14. The van der Waals surface area contributed by atoms with Crippen LogP contribution in [0.4, 0.5) is 0 Å². The molecule has 0 aliphatic heterocycles. The van der Waals surface area contributed by atoms with Crippen LogP contribution in [-0.2, 0) is 0 Å². The summed E-state index contributed by atoms with van der Waals surface area (Å²) in [5.74, 6) is 0. The average molecular weight is 204 g/mol. The highest BCUT2D eigenvalue weighted by atomic mass is 32.2. The zero-order valence-corrected chi connectivity index (χ0v) is 8.67. The van der Waals surface area contributed by atoms with Crippen molar-refractivity contribution in [2.45, 2.75) is 11.9 Å². The van der Waals surface area contributed by atoms with Gasteiger partial charge in [-0.1, -0.05) is 0 Å². The molecule has 0 spiro atoms. The standard InChI is InChI=1S/C9H8N4S/c1-6-4-13-5-7(3-10)12-9(14-2)8(13)11-6/h4-5H,1-2H3. The highest BCUT2D eigenvalue weighted by Crippen LogP contribution is 2.18. The highest BCUT2D eigenvalue weighted by Gasteiger charge is 2.07. The lowest BCUT2D eigenvalue weighted by Crippen LogP contribution is -1.93. The largest absolute Gasteiger partial charge is 0.302 e. The van der Waals surface area contributed by atoms with E-state index in [1.807, 2.05) is 29.8 Å². The number of aromatic nitrogens is 3. The summed E-state index contributed by atoms with van der Waals surface area (Å²) < 4.78 is 1.84. The Bertz CT molecular complexity index is 523. The Morgan fingerprint density at radius 3 is 2.86 bits per heavy atom. The van der Waals surface area contributed by atoms with Crippen molar-refractivity contribution >= 4 is 17.4 Å². The van der Waals surface area contributed by atoms with Crippen LogP contribution in [0.25, 0.3) is 5.65 Å². The van der Waals surface area contributed by atoms with E-state index < -0.39 is 0 Å². The van der Waals surface area contributed by atoms with E-state index in [-0.39, 0.29) is 0 Å². The molecule has 0 fully saturated rings. The van der Waals surface area contributed by atoms with Gasteiger partial charge in [0, 0.05) is 12.4 Å². The number of imidazole rings is 1. The van der Waals surface area contributed by atoms with Crippen molar-refractivity contribution in [3.8, 4) is 6.07 Å². The minimum absolute atomic E-state index is 0.416. The number of thioether (sulfide) groups is 1. The van der Waals surface area contributed by atoms with Gasteiger partial charge in [0.15, 0.2) is 11.3 Å². The molecular weight excluding hydrogens is 196 g/mol. The Balaban J connectivity index is 2.80. The predicted octanol–water partition coefficient (Wildman–Crippen LogP) is 1.63. The summed E-state index contributed by atoms with van der Waals surface area (Å²) in [5.41, 5.74) is 2.16. The van der Waals surface area contributed by atoms with Gasteiger partial charge in [-0.15, -0.1) is 11.8 Å². The van der Waals surface area contributed by atoms with Gasteiger partial charge in [0.25, 0.3) is 0 Å². The molecule has 70 valence electrons. The molecule has 0 unspecified atom stereocenters. The van der Waals surface area contributed by atoms with Crippen molar-refractivity contribution in [1.29, 1.82) is 5.26 Å². The molecule has 0 saturated carbocycles. The smallest absolute Gasteiger partial charge is 0.169 e. The van der Waals surface area contributed by atoms with Crippen LogP contribution in [0.1, 0.15) is 11.4 Å². The maximum atomic E-state index is 8.77. The summed E-state index contributed by atoms with van der Waals surface area (Å²) in [7, 11) is 0. The molecule has 4 nitrogen and oxygen atoms in total. The fourth-order valence-electron chi connectivity index (χ4n) is 1.28. The molecule has 0 aliphatic carbocycles. The van der Waals surface area contributed by atoms with Crippen LogP contribution in [0.5, 0.6) is 0 Å². The highest BCUT2D eigenvalue weighted by molar-refractivity contribution is 7.98. The Morgan fingerprint density at radius 1 is 1.43 bits per heavy atom. The lowest BCUT2D eigenvalue weighted by molar-refractivity contribution is 1.01. The molecule has 0 radical (unpaired) electrons. The summed E-state index contributed by atoms with van der Waals surface area (Å²) in [4.78, 5) is 8.50. The minimum Gasteiger partial charge on any atom is -0.302 e. The maximum Gasteiger partial charge on any atom is 0.169 e. The SMILES string of the molecule is CSc1nc(C#N)cn2cc(C)nc12. The van der Waals surface area contributed by atoms with E-state index in [9.17, 15) is 0 Å². The molecule has 0 bridgehead atoms. The number of nitrogens with zero attached hydrogens (tertiary/aromatic N) is 4. The fourth-order valence-corrected chi connectivity index (χ4v) is 1.81. The third-order valence-corrected chi connectivity index (χ3v) is 2.50. The number of rotatable bonds is 1. The maximum absolute atomic E-state index is 8.77. The first-order valence-electron chi connectivity index (χ1n) is 4.05. The zero-order valence-electron chi connectivity index (χ0n) is 7.85. The topological polar surface area (TPSA) is 54.0 Å². The number of aryl methyl sites for hydroxylation is 1. The van der Waals surface area contributed by atoms with Crippen LogP contribution >= 0.6 is 11.8 Å². The van der Waals surface area contributed by atoms with Gasteiger partial charge in [-0.3, -0.25) is 0 Å². The van der Waals surface area contributed by atoms with Crippen LogP contribution in [0.3, 0.4) is 0 Å². The van der Waals surface area contributed by atoms with Crippen molar-refractivity contribution in [2.75, 3.05) is 6.26 Å². The van der Waals surface area contributed by atoms with Gasteiger partial charge < -0.3 is 4.40 Å². The van der Waals surface area contributed by atoms with Crippen LogP contribution in [-0.4, -0.2) is 20.6 Å². The quantitative estimate of drug-likeness (QED) is 0.662. The average Bonchev–Trinajstić information content (AvgIpc) is 2.56. The molecule has 0 aliphatic rings. The molecular formula is C9H8N4S. The minimum atomic E-state index is 0.416. The van der Waals surface area contributed by atoms with Crippen molar-refractivity contribution in [3.63, 3.8) is 0 Å². The van der Waals surface area contributed by atoms with E-state index >= 15 is 0 Å². The van der Waals surface area contributed by atoms with E-state index in [4.69, 9.17) is 5.26 Å². The van der Waals surface area contributed by atoms with E-state index in [0.29, 0.717) is 5.69 Å². The predicted molar refractivity (Wildman–Crippen MR) is 54.2 cm³/mol. The molecule has 5 heteroatoms. The Labute approximate surface area is 85.6 Å². The summed E-state index contributed by atoms with van der Waals surface area (Å²) in [6.45, 7) is 1.92. The van der Waals surface area contributed by atoms with E-state index in [1.165, 1.54) is 11.8 Å². The number of fused-ring (bicyclic) bond motifs is 1. The summed E-state index contributed by atoms with van der Waals surface area (Å²) in [6, 6.07) is 2.03. The monoisotopic (exact) mass is 204 g/mol. The normalized spacial score (nSPS) is 10.4. The van der Waals surface area contributed by atoms with Gasteiger partial charge in [-0.05, 0) is 13.2 Å². The van der Waals surface area contributed by atoms with Crippen LogP contribution in [0, 0.1) is 18.3 Å². The zero-order chi connectivity index (χ0) is 10.1. The van der Waals surface area contributed by atoms with Gasteiger partial charge in [0.05, 0.1) is 5.69 Å². The lowest BCUT2D eigenvalue weighted by atomic mass is 10.5. The second-order valence-electron chi connectivity index (χ2n) is 2.86. The molecule has 0 atom stereocenters. The molecule has 0 amide bonds. The van der Waals surface area contributed by atoms with Crippen molar-refractivity contribution < 1.29 is 0 Å². The van der Waals surface area contributed by atoms with Gasteiger partial charge >= 0.3 is 0 Å². The molecule has 0 saturated heterocycles. The molecule has 2 aromatic rings. The van der Waals surface area contributed by atoms with Crippen molar-refractivity contribution in [2.24, 2.45) is 0 Å². The third-order valence-electron chi connectivity index (χ3n) is 1.84. The van der Waals surface area contributed by atoms with Crippen LogP contribution < -0.4 is 0 Å². The Morgan fingerprint density at radius 2 is 2.21 bits per heavy atom. The Hall–Kier alpha value is -1.54. The van der Waals surface area contributed by atoms with Crippen molar-refractivity contribution in [3.05, 3.63) is 23.8 Å². The van der Waals surface area contributed by atoms with Gasteiger partial charge in [0.2, 0.25) is 0 Å². The summed E-state index contributed by atoms with van der Waals surface area (Å²) in [6.07, 6.45) is 5.50. The fraction of sp³-hybridized carbons (Fsp3) is 0.222. The number of hydrogen-bond donors (Lipinski definition) is 0. The third kappa shape index (κ3) is 1.34. The van der Waals surface area contributed by atoms with E-state index in [2.05, 4.69) is 9.97 Å². The van der Waals surface area contributed by atoms with Gasteiger partial charge in [-0.2, -0.15) is 5.26 Å². The first kappa shape index (κ1) is 9.03. The lowest BCUT2D eigenvalue weighted by Gasteiger charge is -1.99. The molecule has 14 heavy (non-hydrogen) atoms. The first-order chi connectivity index (χ1) is 6.74. The summed E-state index contributed by atoms with van der Waals surface area (Å²) >= 11 is 1.50. The molecule has 0 aromatic carbocycles. The van der Waals surface area contributed by atoms with Gasteiger partial charge in [-0.25, -0.2) is 9.97 Å².